The third-order valence-electron chi connectivity index (χ3n) is 2.98. The normalized spacial score (nSPS) is 10.2. The minimum atomic E-state index is -0.902. The summed E-state index contributed by atoms with van der Waals surface area (Å²) in [6, 6.07) is 6.64. The lowest BCUT2D eigenvalue weighted by Gasteiger charge is -2.08. The van der Waals surface area contributed by atoms with Crippen molar-refractivity contribution in [3.63, 3.8) is 0 Å². The molecular weight excluding hydrogens is 318 g/mol. The number of carbonyl (C=O) groups excluding carboxylic acids is 1. The molecule has 1 aromatic rings. The first-order valence-corrected chi connectivity index (χ1v) is 7.73. The number of carbonyl (C=O) groups is 1. The number of aliphatic hydroxyl groups excluding tert-OH is 1. The van der Waals surface area contributed by atoms with Gasteiger partial charge in [0.25, 0.3) is 11.0 Å². The van der Waals surface area contributed by atoms with Gasteiger partial charge < -0.3 is 25.3 Å². The van der Waals surface area contributed by atoms with Crippen LogP contribution in [0.4, 0.5) is 0 Å². The molecular formula is C15H23N3O6. The molecule has 0 bridgehead atoms. The predicted molar refractivity (Wildman–Crippen MR) is 86.4 cm³/mol. The van der Waals surface area contributed by atoms with Crippen molar-refractivity contribution in [1.29, 1.82) is 0 Å². The number of amides is 1. The average Bonchev–Trinajstić information content (AvgIpc) is 2.58. The molecule has 0 aromatic heterocycles. The highest BCUT2D eigenvalue weighted by atomic mass is 16.9. The second-order valence-electron chi connectivity index (χ2n) is 4.87. The minimum absolute atomic E-state index is 0.0569. The molecule has 0 atom stereocenters. The van der Waals surface area contributed by atoms with Gasteiger partial charge in [0, 0.05) is 18.7 Å². The Kier molecular flexibility index (Phi) is 9.90. The lowest BCUT2D eigenvalue weighted by atomic mass is 10.2. The van der Waals surface area contributed by atoms with E-state index in [9.17, 15) is 14.9 Å². The van der Waals surface area contributed by atoms with Gasteiger partial charge in [-0.3, -0.25) is 4.79 Å². The molecule has 0 saturated carbocycles. The first-order chi connectivity index (χ1) is 11.6. The van der Waals surface area contributed by atoms with Crippen LogP contribution in [0.5, 0.6) is 5.75 Å². The molecule has 0 aliphatic rings. The van der Waals surface area contributed by atoms with Crippen LogP contribution in [-0.4, -0.2) is 55.6 Å². The highest BCUT2D eigenvalue weighted by Gasteiger charge is 2.05. The second kappa shape index (κ2) is 12.1. The topological polar surface area (TPSA) is 123 Å². The van der Waals surface area contributed by atoms with Crippen molar-refractivity contribution in [1.82, 2.24) is 10.6 Å². The molecule has 0 aliphatic carbocycles. The van der Waals surface area contributed by atoms with Crippen LogP contribution in [0.1, 0.15) is 23.2 Å². The summed E-state index contributed by atoms with van der Waals surface area (Å²) >= 11 is 0. The summed E-state index contributed by atoms with van der Waals surface area (Å²) in [7, 11) is 0. The summed E-state index contributed by atoms with van der Waals surface area (Å²) in [6.07, 6.45) is 1.58. The van der Waals surface area contributed by atoms with Crippen LogP contribution in [0.25, 0.3) is 0 Å². The van der Waals surface area contributed by atoms with Crippen LogP contribution in [0.2, 0.25) is 0 Å². The second-order valence-corrected chi connectivity index (χ2v) is 4.87. The van der Waals surface area contributed by atoms with E-state index < -0.39 is 5.09 Å². The molecule has 0 aliphatic heterocycles. The molecule has 1 rings (SSSR count). The quantitative estimate of drug-likeness (QED) is 0.269. The average molecular weight is 341 g/mol. The van der Waals surface area contributed by atoms with Gasteiger partial charge in [-0.25, -0.2) is 0 Å². The lowest BCUT2D eigenvalue weighted by molar-refractivity contribution is -0.757. The van der Waals surface area contributed by atoms with Gasteiger partial charge in [0.15, 0.2) is 0 Å². The van der Waals surface area contributed by atoms with Crippen molar-refractivity contribution in [3.8, 4) is 5.75 Å². The molecule has 1 aromatic carbocycles. The van der Waals surface area contributed by atoms with E-state index in [1.807, 2.05) is 0 Å². The number of nitrogens with zero attached hydrogens (tertiary/aromatic N) is 1. The van der Waals surface area contributed by atoms with Gasteiger partial charge in [-0.1, -0.05) is 0 Å². The Hall–Kier alpha value is -2.39. The molecule has 0 heterocycles. The van der Waals surface area contributed by atoms with Gasteiger partial charge in [0.2, 0.25) is 0 Å². The number of aliphatic hydroxyl groups is 1. The zero-order valence-electron chi connectivity index (χ0n) is 13.4. The lowest BCUT2D eigenvalue weighted by Crippen LogP contribution is -2.27. The van der Waals surface area contributed by atoms with Gasteiger partial charge in [0.1, 0.15) is 12.4 Å². The van der Waals surface area contributed by atoms with Crippen molar-refractivity contribution >= 4 is 5.91 Å². The van der Waals surface area contributed by atoms with Crippen molar-refractivity contribution in [2.45, 2.75) is 12.8 Å². The summed E-state index contributed by atoms with van der Waals surface area (Å²) in [5.74, 6) is 0.333. The monoisotopic (exact) mass is 341 g/mol. The largest absolute Gasteiger partial charge is 0.494 e. The van der Waals surface area contributed by atoms with E-state index in [1.165, 1.54) is 0 Å². The Morgan fingerprint density at radius 3 is 2.50 bits per heavy atom. The number of hydrogen-bond acceptors (Lipinski definition) is 7. The Labute approximate surface area is 140 Å². The first kappa shape index (κ1) is 19.7. The fourth-order valence-electron chi connectivity index (χ4n) is 1.81. The predicted octanol–water partition coefficient (Wildman–Crippen LogP) is 0.366. The fraction of sp³-hybridized carbons (Fsp3) is 0.533. The van der Waals surface area contributed by atoms with E-state index in [1.54, 1.807) is 24.3 Å². The highest BCUT2D eigenvalue weighted by molar-refractivity contribution is 5.94. The smallest absolute Gasteiger partial charge is 0.294 e. The van der Waals surface area contributed by atoms with Gasteiger partial charge >= 0.3 is 0 Å². The Morgan fingerprint density at radius 2 is 1.83 bits per heavy atom. The highest BCUT2D eigenvalue weighted by Crippen LogP contribution is 2.12. The molecule has 9 heteroatoms. The van der Waals surface area contributed by atoms with Crippen molar-refractivity contribution in [3.05, 3.63) is 39.9 Å². The Morgan fingerprint density at radius 1 is 1.12 bits per heavy atom. The number of rotatable bonds is 13. The van der Waals surface area contributed by atoms with Crippen LogP contribution in [0.3, 0.4) is 0 Å². The maximum absolute atomic E-state index is 11.8. The summed E-state index contributed by atoms with van der Waals surface area (Å²) in [5, 5.41) is 23.4. The minimum Gasteiger partial charge on any atom is -0.494 e. The van der Waals surface area contributed by atoms with Crippen LogP contribution in [0, 0.1) is 10.1 Å². The zero-order valence-corrected chi connectivity index (χ0v) is 13.4. The maximum atomic E-state index is 11.8. The summed E-state index contributed by atoms with van der Waals surface area (Å²) in [4.78, 5) is 25.9. The standard InChI is InChI=1S/C15H23N3O6/c19-10-1-7-16-8-2-11-23-14-5-3-13(4-6-14)15(20)17-9-12-24-18(21)22/h3-6,16,19H,1-2,7-12H2,(H,17,20). The molecule has 134 valence electrons. The summed E-state index contributed by atoms with van der Waals surface area (Å²) in [5.41, 5.74) is 0.439. The third kappa shape index (κ3) is 8.91. The van der Waals surface area contributed by atoms with E-state index in [4.69, 9.17) is 9.84 Å². The van der Waals surface area contributed by atoms with E-state index in [0.29, 0.717) is 17.9 Å². The molecule has 24 heavy (non-hydrogen) atoms. The third-order valence-corrected chi connectivity index (χ3v) is 2.98. The summed E-state index contributed by atoms with van der Waals surface area (Å²) < 4.78 is 5.56. The zero-order chi connectivity index (χ0) is 17.6. The molecule has 3 N–H and O–H groups in total. The van der Waals surface area contributed by atoms with E-state index in [0.717, 1.165) is 25.9 Å². The summed E-state index contributed by atoms with van der Waals surface area (Å²) in [6.45, 7) is 2.20. The first-order valence-electron chi connectivity index (χ1n) is 7.73. The van der Waals surface area contributed by atoms with Crippen molar-refractivity contribution in [2.24, 2.45) is 0 Å². The van der Waals surface area contributed by atoms with Crippen LogP contribution < -0.4 is 15.4 Å². The van der Waals surface area contributed by atoms with Gasteiger partial charge in [-0.05, 0) is 50.2 Å². The molecule has 9 nitrogen and oxygen atoms in total. The van der Waals surface area contributed by atoms with E-state index >= 15 is 0 Å². The number of nitrogens with one attached hydrogen (secondary N) is 2. The van der Waals surface area contributed by atoms with Crippen molar-refractivity contribution < 1.29 is 24.6 Å². The van der Waals surface area contributed by atoms with E-state index in [-0.39, 0.29) is 25.7 Å². The molecule has 0 saturated heterocycles. The molecule has 0 unspecified atom stereocenters. The number of hydrogen-bond donors (Lipinski definition) is 3. The van der Waals surface area contributed by atoms with E-state index in [2.05, 4.69) is 15.5 Å². The molecule has 0 radical (unpaired) electrons. The van der Waals surface area contributed by atoms with Crippen molar-refractivity contribution in [2.75, 3.05) is 39.5 Å². The van der Waals surface area contributed by atoms with Gasteiger partial charge in [-0.15, -0.1) is 10.1 Å². The molecule has 0 spiro atoms. The van der Waals surface area contributed by atoms with Crippen LogP contribution >= 0.6 is 0 Å². The number of benzene rings is 1. The number of ether oxygens (including phenoxy) is 1. The Balaban J connectivity index is 2.20. The van der Waals surface area contributed by atoms with Gasteiger partial charge in [0.05, 0.1) is 6.61 Å². The molecule has 1 amide bonds. The molecule has 0 fully saturated rings. The van der Waals surface area contributed by atoms with Crippen LogP contribution in [-0.2, 0) is 4.84 Å². The Bertz CT molecular complexity index is 494. The maximum Gasteiger partial charge on any atom is 0.294 e. The fourth-order valence-corrected chi connectivity index (χ4v) is 1.81. The SMILES string of the molecule is O=C(NCCO[N+](=O)[O-])c1ccc(OCCCNCCCO)cc1. The van der Waals surface area contributed by atoms with Gasteiger partial charge in [-0.2, -0.15) is 0 Å². The van der Waals surface area contributed by atoms with Crippen LogP contribution in [0.15, 0.2) is 24.3 Å².